The molecule has 8 nitrogen and oxygen atoms in total. The second kappa shape index (κ2) is 19.4. The minimum absolute atomic E-state index is 0.113. The Morgan fingerprint density at radius 3 is 2.15 bits per heavy atom. The average molecular weight is 592 g/mol. The summed E-state index contributed by atoms with van der Waals surface area (Å²) in [6.07, 6.45) is 16.7. The maximum Gasteiger partial charge on any atom is 0.306 e. The van der Waals surface area contributed by atoms with E-state index in [1.807, 2.05) is 39.0 Å². The lowest BCUT2D eigenvalue weighted by Gasteiger charge is -2.27. The number of carbonyl (C=O) groups excluding carboxylic acids is 1. The second-order valence-corrected chi connectivity index (χ2v) is 11.2. The number of halogens is 1. The molecule has 228 valence electrons. The highest BCUT2D eigenvalue weighted by Gasteiger charge is 2.31. The monoisotopic (exact) mass is 591 g/mol. The lowest BCUT2D eigenvalue weighted by atomic mass is 9.93. The van der Waals surface area contributed by atoms with E-state index in [4.69, 9.17) is 16.7 Å². The molecule has 6 N–H and O–H groups in total. The summed E-state index contributed by atoms with van der Waals surface area (Å²) in [5.41, 5.74) is 0.898. The van der Waals surface area contributed by atoms with Gasteiger partial charge in [-0.25, -0.2) is 0 Å². The van der Waals surface area contributed by atoms with Crippen molar-refractivity contribution in [1.29, 1.82) is 0 Å². The molecule has 0 aromatic rings. The fraction of sp³-hybridized carbons (Fsp3) is 0.500. The molecule has 0 radical (unpaired) electrons. The van der Waals surface area contributed by atoms with Crippen LogP contribution in [0.1, 0.15) is 53.4 Å². The Labute approximate surface area is 248 Å². The minimum Gasteiger partial charge on any atom is -0.481 e. The molecule has 1 unspecified atom stereocenters. The number of nitrogens with one attached hydrogen (secondary N) is 1. The van der Waals surface area contributed by atoms with Gasteiger partial charge in [-0.1, -0.05) is 98.7 Å². The Balaban J connectivity index is 2.52. The van der Waals surface area contributed by atoms with Gasteiger partial charge in [-0.2, -0.15) is 0 Å². The topological polar surface area (TPSA) is 147 Å². The van der Waals surface area contributed by atoms with Crippen LogP contribution in [-0.2, 0) is 9.59 Å². The van der Waals surface area contributed by atoms with Gasteiger partial charge in [-0.3, -0.25) is 9.59 Å². The van der Waals surface area contributed by atoms with Crippen LogP contribution in [0.25, 0.3) is 0 Å². The lowest BCUT2D eigenvalue weighted by Crippen LogP contribution is -2.42. The van der Waals surface area contributed by atoms with Crippen molar-refractivity contribution in [3.05, 3.63) is 83.5 Å². The summed E-state index contributed by atoms with van der Waals surface area (Å²) >= 11 is 6.30. The van der Waals surface area contributed by atoms with Crippen LogP contribution in [-0.4, -0.2) is 67.9 Å². The number of aliphatic carboxylic acids is 1. The predicted octanol–water partition coefficient (Wildman–Crippen LogP) is 4.33. The number of hydrogen-bond acceptors (Lipinski definition) is 6. The summed E-state index contributed by atoms with van der Waals surface area (Å²) in [4.78, 5) is 23.0. The van der Waals surface area contributed by atoms with Crippen LogP contribution in [0, 0.1) is 17.8 Å². The molecule has 0 saturated heterocycles. The molecule has 7 atom stereocenters. The molecule has 0 aromatic heterocycles. The normalized spacial score (nSPS) is 22.9. The van der Waals surface area contributed by atoms with E-state index in [0.717, 1.165) is 5.57 Å². The van der Waals surface area contributed by atoms with Crippen LogP contribution >= 0.6 is 11.6 Å². The first-order valence-electron chi connectivity index (χ1n) is 14.0. The van der Waals surface area contributed by atoms with Gasteiger partial charge in [0.25, 0.3) is 0 Å². The van der Waals surface area contributed by atoms with E-state index in [9.17, 15) is 30.0 Å². The smallest absolute Gasteiger partial charge is 0.306 e. The van der Waals surface area contributed by atoms with Gasteiger partial charge in [0.05, 0.1) is 24.2 Å². The summed E-state index contributed by atoms with van der Waals surface area (Å²) in [6.45, 7) is 7.56. The maximum absolute atomic E-state index is 12.0. The van der Waals surface area contributed by atoms with Crippen LogP contribution in [0.15, 0.2) is 83.5 Å². The van der Waals surface area contributed by atoms with Gasteiger partial charge in [0.2, 0.25) is 5.91 Å². The van der Waals surface area contributed by atoms with Gasteiger partial charge in [-0.05, 0) is 38.2 Å². The molecule has 41 heavy (non-hydrogen) atoms. The summed E-state index contributed by atoms with van der Waals surface area (Å²) in [6, 6.07) is -0.113. The molecule has 9 heteroatoms. The third kappa shape index (κ3) is 15.2. The molecule has 0 aromatic carbocycles. The summed E-state index contributed by atoms with van der Waals surface area (Å²) < 4.78 is 0. The largest absolute Gasteiger partial charge is 0.481 e. The minimum atomic E-state index is -1.49. The highest BCUT2D eigenvalue weighted by molar-refractivity contribution is 6.30. The predicted molar refractivity (Wildman–Crippen MR) is 163 cm³/mol. The van der Waals surface area contributed by atoms with E-state index < -0.39 is 42.2 Å². The summed E-state index contributed by atoms with van der Waals surface area (Å²) in [5, 5.41) is 53.3. The Morgan fingerprint density at radius 1 is 0.878 bits per heavy atom. The number of rotatable bonds is 16. The van der Waals surface area contributed by atoms with Crippen molar-refractivity contribution in [3.63, 3.8) is 0 Å². The van der Waals surface area contributed by atoms with Crippen LogP contribution in [0.4, 0.5) is 0 Å². The van der Waals surface area contributed by atoms with E-state index in [-0.39, 0.29) is 23.4 Å². The average Bonchev–Trinajstić information content (AvgIpc) is 3.38. The molecular weight excluding hydrogens is 546 g/mol. The molecular formula is C32H46ClNO7. The van der Waals surface area contributed by atoms with Crippen LogP contribution in [0.3, 0.4) is 0 Å². The number of carboxylic acid groups (broad SMARTS) is 1. The number of allylic oxidation sites excluding steroid dienone is 11. The van der Waals surface area contributed by atoms with Crippen molar-refractivity contribution in [2.45, 2.75) is 83.8 Å². The first kappa shape index (κ1) is 36.3. The Morgan fingerprint density at radius 2 is 1.51 bits per heavy atom. The van der Waals surface area contributed by atoms with Crippen molar-refractivity contribution >= 4 is 23.5 Å². The molecule has 1 aliphatic rings. The maximum atomic E-state index is 12.0. The standard InChI is InChI=1S/C32H46ClNO7/c1-21(2)11-5-8-14-26(35)20-28(36)31(39)30(38)23(4)27(33)15-9-6-12-22(3)13-7-10-16-29(37)34-25-18-17-24(19-25)32(40)41/h5-16,21,23-26,28,30-31,35-36,38-39H,17-20H2,1-4H3,(H,34,37)(H,40,41)/b9-6+,11-5+,13-7+,14-8+,16-10+,22-12+,27-15-/t23-,24?,25+,26+,28-,30-,31-/m1/s1. The molecule has 0 spiro atoms. The third-order valence-electron chi connectivity index (χ3n) is 6.69. The van der Waals surface area contributed by atoms with Crippen LogP contribution in [0.2, 0.25) is 0 Å². The molecule has 1 saturated carbocycles. The zero-order valence-corrected chi connectivity index (χ0v) is 25.1. The van der Waals surface area contributed by atoms with Gasteiger partial charge in [0.15, 0.2) is 0 Å². The van der Waals surface area contributed by atoms with Gasteiger partial charge < -0.3 is 30.8 Å². The first-order valence-corrected chi connectivity index (χ1v) is 14.4. The Hall–Kier alpha value is -2.75. The number of aliphatic hydroxyl groups is 4. The van der Waals surface area contributed by atoms with Crippen molar-refractivity contribution < 1.29 is 35.1 Å². The van der Waals surface area contributed by atoms with Crippen molar-refractivity contribution in [3.8, 4) is 0 Å². The highest BCUT2D eigenvalue weighted by Crippen LogP contribution is 2.26. The zero-order valence-electron chi connectivity index (χ0n) is 24.3. The molecule has 0 aliphatic heterocycles. The summed E-state index contributed by atoms with van der Waals surface area (Å²) in [5.74, 6) is -1.75. The first-order chi connectivity index (χ1) is 19.3. The zero-order chi connectivity index (χ0) is 30.9. The fourth-order valence-corrected chi connectivity index (χ4v) is 4.33. The Kier molecular flexibility index (Phi) is 17.2. The molecule has 1 amide bonds. The number of carboxylic acids is 1. The summed E-state index contributed by atoms with van der Waals surface area (Å²) in [7, 11) is 0. The van der Waals surface area contributed by atoms with E-state index in [1.165, 1.54) is 12.2 Å². The number of hydrogen-bond donors (Lipinski definition) is 6. The molecule has 0 bridgehead atoms. The van der Waals surface area contributed by atoms with Gasteiger partial charge in [-0.15, -0.1) is 0 Å². The number of amides is 1. The highest BCUT2D eigenvalue weighted by atomic mass is 35.5. The third-order valence-corrected chi connectivity index (χ3v) is 7.16. The van der Waals surface area contributed by atoms with Crippen LogP contribution in [0.5, 0.6) is 0 Å². The van der Waals surface area contributed by atoms with E-state index >= 15 is 0 Å². The van der Waals surface area contributed by atoms with Crippen molar-refractivity contribution in [1.82, 2.24) is 5.32 Å². The van der Waals surface area contributed by atoms with Gasteiger partial charge in [0, 0.05) is 29.5 Å². The molecule has 1 rings (SSSR count). The van der Waals surface area contributed by atoms with E-state index in [2.05, 4.69) is 5.32 Å². The molecule has 1 aliphatic carbocycles. The quantitative estimate of drug-likeness (QED) is 0.116. The molecule has 0 heterocycles. The van der Waals surface area contributed by atoms with Crippen molar-refractivity contribution in [2.75, 3.05) is 0 Å². The van der Waals surface area contributed by atoms with Crippen molar-refractivity contribution in [2.24, 2.45) is 17.8 Å². The van der Waals surface area contributed by atoms with Gasteiger partial charge >= 0.3 is 5.97 Å². The van der Waals surface area contributed by atoms with Crippen LogP contribution < -0.4 is 5.32 Å². The van der Waals surface area contributed by atoms with E-state index in [0.29, 0.717) is 25.2 Å². The van der Waals surface area contributed by atoms with Gasteiger partial charge in [0.1, 0.15) is 6.10 Å². The second-order valence-electron chi connectivity index (χ2n) is 10.8. The number of aliphatic hydroxyl groups excluding tert-OH is 4. The fourth-order valence-electron chi connectivity index (χ4n) is 4.13. The number of carbonyl (C=O) groups is 2. The SMILES string of the molecule is CC(/C=C/C=C/C(=O)N[C@H]1CCC(C(=O)O)C1)=C\C=C\C=C(/Cl)[C@@H](C)[C@@H](O)[C@H](O)[C@H](O)C[C@@H](O)/C=C/C=C/C(C)C. The molecule has 1 fully saturated rings. The Bertz CT molecular complexity index is 1040. The van der Waals surface area contributed by atoms with E-state index in [1.54, 1.807) is 49.5 Å². The lowest BCUT2D eigenvalue weighted by molar-refractivity contribution is -0.141.